The van der Waals surface area contributed by atoms with Crippen LogP contribution in [0.1, 0.15) is 37.9 Å². The predicted octanol–water partition coefficient (Wildman–Crippen LogP) is 2.66. The highest BCUT2D eigenvalue weighted by Gasteiger charge is 2.26. The third-order valence-electron chi connectivity index (χ3n) is 4.37. The lowest BCUT2D eigenvalue weighted by molar-refractivity contribution is -0.143. The van der Waals surface area contributed by atoms with E-state index in [0.717, 1.165) is 12.0 Å². The van der Waals surface area contributed by atoms with Crippen LogP contribution in [0, 0.1) is 5.92 Å². The molecule has 1 aliphatic heterocycles. The Hall–Kier alpha value is -2.08. The van der Waals surface area contributed by atoms with Crippen LogP contribution >= 0.6 is 0 Å². The molecule has 0 spiro atoms. The third-order valence-corrected chi connectivity index (χ3v) is 4.37. The molecule has 1 unspecified atom stereocenters. The zero-order chi connectivity index (χ0) is 17.4. The fraction of sp³-hybridized carbons (Fsp3) is 0.556. The van der Waals surface area contributed by atoms with Gasteiger partial charge in [0.25, 0.3) is 0 Å². The number of carbonyl (C=O) groups excluding carboxylic acids is 1. The maximum absolute atomic E-state index is 12.0. The molecule has 6 heteroatoms. The number of likely N-dealkylation sites (tertiary alicyclic amines) is 1. The number of urea groups is 1. The molecular weight excluding hydrogens is 308 g/mol. The topological polar surface area (TPSA) is 78.9 Å². The second kappa shape index (κ2) is 9.27. The van der Waals surface area contributed by atoms with Crippen LogP contribution in [0.2, 0.25) is 0 Å². The lowest BCUT2D eigenvalue weighted by atomic mass is 9.97. The highest BCUT2D eigenvalue weighted by Crippen LogP contribution is 2.17. The Balaban J connectivity index is 1.57. The van der Waals surface area contributed by atoms with Crippen LogP contribution in [0.3, 0.4) is 0 Å². The molecule has 2 N–H and O–H groups in total. The summed E-state index contributed by atoms with van der Waals surface area (Å²) in [4.78, 5) is 24.6. The lowest BCUT2D eigenvalue weighted by Gasteiger charge is -2.30. The number of nitrogens with one attached hydrogen (secondary N) is 1. The molecule has 0 aromatic heterocycles. The molecule has 2 rings (SSSR count). The number of rotatable bonds is 7. The summed E-state index contributed by atoms with van der Waals surface area (Å²) in [5.74, 6) is -1.08. The van der Waals surface area contributed by atoms with Crippen LogP contribution in [-0.2, 0) is 9.53 Å². The minimum Gasteiger partial charge on any atom is -0.481 e. The van der Waals surface area contributed by atoms with Crippen LogP contribution < -0.4 is 5.32 Å². The van der Waals surface area contributed by atoms with Gasteiger partial charge in [0.2, 0.25) is 0 Å². The molecule has 1 fully saturated rings. The number of ether oxygens (including phenoxy) is 1. The number of aliphatic carboxylic acids is 1. The van der Waals surface area contributed by atoms with Crippen molar-refractivity contribution in [1.29, 1.82) is 0 Å². The minimum atomic E-state index is -0.764. The van der Waals surface area contributed by atoms with Gasteiger partial charge < -0.3 is 20.1 Å². The van der Waals surface area contributed by atoms with E-state index >= 15 is 0 Å². The quantitative estimate of drug-likeness (QED) is 0.752. The van der Waals surface area contributed by atoms with Gasteiger partial charge in [-0.15, -0.1) is 0 Å². The van der Waals surface area contributed by atoms with Gasteiger partial charge in [-0.2, -0.15) is 0 Å². The highest BCUT2D eigenvalue weighted by atomic mass is 16.5. The maximum atomic E-state index is 12.0. The van der Waals surface area contributed by atoms with Crippen LogP contribution in [0.4, 0.5) is 4.79 Å². The van der Waals surface area contributed by atoms with E-state index in [1.807, 2.05) is 37.3 Å². The highest BCUT2D eigenvalue weighted by molar-refractivity contribution is 5.75. The molecule has 1 heterocycles. The number of hydrogen-bond donors (Lipinski definition) is 2. The van der Waals surface area contributed by atoms with Gasteiger partial charge in [-0.3, -0.25) is 4.79 Å². The molecule has 2 amide bonds. The fourth-order valence-corrected chi connectivity index (χ4v) is 2.79. The van der Waals surface area contributed by atoms with Crippen LogP contribution in [0.25, 0.3) is 0 Å². The number of amides is 2. The summed E-state index contributed by atoms with van der Waals surface area (Å²) < 4.78 is 5.77. The van der Waals surface area contributed by atoms with Crippen LogP contribution in [-0.4, -0.2) is 48.2 Å². The van der Waals surface area contributed by atoms with Crippen molar-refractivity contribution < 1.29 is 19.4 Å². The molecule has 1 saturated heterocycles. The Morgan fingerprint density at radius 1 is 1.29 bits per heavy atom. The third kappa shape index (κ3) is 5.53. The minimum absolute atomic E-state index is 0.0388. The zero-order valence-electron chi connectivity index (χ0n) is 14.1. The van der Waals surface area contributed by atoms with E-state index in [-0.39, 0.29) is 18.1 Å². The van der Waals surface area contributed by atoms with Gasteiger partial charge in [-0.05, 0) is 31.7 Å². The first-order valence-electron chi connectivity index (χ1n) is 8.50. The normalized spacial score (nSPS) is 16.6. The van der Waals surface area contributed by atoms with Crippen molar-refractivity contribution in [2.45, 2.75) is 32.3 Å². The van der Waals surface area contributed by atoms with E-state index in [4.69, 9.17) is 9.84 Å². The maximum Gasteiger partial charge on any atom is 0.317 e. The molecule has 0 aliphatic carbocycles. The summed E-state index contributed by atoms with van der Waals surface area (Å²) in [6, 6.07) is 9.91. The van der Waals surface area contributed by atoms with E-state index in [2.05, 4.69) is 5.32 Å². The second-order valence-electron chi connectivity index (χ2n) is 6.11. The molecule has 6 nitrogen and oxygen atoms in total. The van der Waals surface area contributed by atoms with E-state index in [1.165, 1.54) is 0 Å². The second-order valence-corrected chi connectivity index (χ2v) is 6.11. The number of piperidine rings is 1. The number of carboxylic acid groups (broad SMARTS) is 1. The summed E-state index contributed by atoms with van der Waals surface area (Å²) in [5.41, 5.74) is 1.14. The SMILES string of the molecule is CC(OCCCNC(=O)N1CCC(C(=O)O)CC1)c1ccccc1. The molecule has 1 aromatic rings. The van der Waals surface area contributed by atoms with Crippen molar-refractivity contribution in [2.24, 2.45) is 5.92 Å². The van der Waals surface area contributed by atoms with Gasteiger partial charge in [0.1, 0.15) is 0 Å². The summed E-state index contributed by atoms with van der Waals surface area (Å²) in [5, 5.41) is 11.8. The first kappa shape index (κ1) is 18.3. The summed E-state index contributed by atoms with van der Waals surface area (Å²) in [6.07, 6.45) is 1.84. The van der Waals surface area contributed by atoms with Gasteiger partial charge in [0.15, 0.2) is 0 Å². The van der Waals surface area contributed by atoms with Crippen molar-refractivity contribution in [3.8, 4) is 0 Å². The van der Waals surface area contributed by atoms with Gasteiger partial charge in [-0.25, -0.2) is 4.79 Å². The van der Waals surface area contributed by atoms with Crippen LogP contribution in [0.15, 0.2) is 30.3 Å². The van der Waals surface area contributed by atoms with Gasteiger partial charge in [0.05, 0.1) is 12.0 Å². The molecule has 1 aromatic carbocycles. The molecular formula is C18H26N2O4. The standard InChI is InChI=1S/C18H26N2O4/c1-14(15-6-3-2-4-7-15)24-13-5-10-19-18(23)20-11-8-16(9-12-20)17(21)22/h2-4,6-7,14,16H,5,8-13H2,1H3,(H,19,23)(H,21,22). The number of benzene rings is 1. The number of carbonyl (C=O) groups is 2. The zero-order valence-corrected chi connectivity index (χ0v) is 14.1. The first-order valence-corrected chi connectivity index (χ1v) is 8.50. The van der Waals surface area contributed by atoms with Gasteiger partial charge in [-0.1, -0.05) is 30.3 Å². The van der Waals surface area contributed by atoms with E-state index in [9.17, 15) is 9.59 Å². The predicted molar refractivity (Wildman–Crippen MR) is 90.8 cm³/mol. The molecule has 1 aliphatic rings. The monoisotopic (exact) mass is 334 g/mol. The van der Waals surface area contributed by atoms with Crippen LogP contribution in [0.5, 0.6) is 0 Å². The van der Waals surface area contributed by atoms with Crippen molar-refractivity contribution >= 4 is 12.0 Å². The number of carboxylic acids is 1. The largest absolute Gasteiger partial charge is 0.481 e. The average Bonchev–Trinajstić information content (AvgIpc) is 2.62. The molecule has 0 bridgehead atoms. The van der Waals surface area contributed by atoms with E-state index in [1.54, 1.807) is 4.90 Å². The lowest BCUT2D eigenvalue weighted by Crippen LogP contribution is -2.45. The fourth-order valence-electron chi connectivity index (χ4n) is 2.79. The molecule has 132 valence electrons. The Morgan fingerprint density at radius 3 is 2.58 bits per heavy atom. The Morgan fingerprint density at radius 2 is 1.96 bits per heavy atom. The Bertz CT molecular complexity index is 527. The molecule has 0 saturated carbocycles. The Labute approximate surface area is 142 Å². The van der Waals surface area contributed by atoms with E-state index in [0.29, 0.717) is 39.1 Å². The first-order chi connectivity index (χ1) is 11.6. The Kier molecular flexibility index (Phi) is 7.06. The van der Waals surface area contributed by atoms with Crippen molar-refractivity contribution in [1.82, 2.24) is 10.2 Å². The summed E-state index contributed by atoms with van der Waals surface area (Å²) in [6.45, 7) is 4.16. The molecule has 1 atom stereocenters. The average molecular weight is 334 g/mol. The van der Waals surface area contributed by atoms with Crippen molar-refractivity contribution in [3.05, 3.63) is 35.9 Å². The molecule has 24 heavy (non-hydrogen) atoms. The summed E-state index contributed by atoms with van der Waals surface area (Å²) >= 11 is 0. The van der Waals surface area contributed by atoms with Gasteiger partial charge in [0, 0.05) is 26.2 Å². The molecule has 0 radical (unpaired) electrons. The number of nitrogens with zero attached hydrogens (tertiary/aromatic N) is 1. The van der Waals surface area contributed by atoms with Crippen molar-refractivity contribution in [3.63, 3.8) is 0 Å². The van der Waals surface area contributed by atoms with Gasteiger partial charge >= 0.3 is 12.0 Å². The smallest absolute Gasteiger partial charge is 0.317 e. The van der Waals surface area contributed by atoms with Crippen molar-refractivity contribution in [2.75, 3.05) is 26.2 Å². The number of hydrogen-bond acceptors (Lipinski definition) is 3. The summed E-state index contributed by atoms with van der Waals surface area (Å²) in [7, 11) is 0. The van der Waals surface area contributed by atoms with E-state index < -0.39 is 5.97 Å².